The molecule has 2 aromatic heterocycles. The molecule has 3 aromatic rings. The maximum absolute atomic E-state index is 11.7. The van der Waals surface area contributed by atoms with Crippen LogP contribution in [0.25, 0.3) is 10.9 Å². The van der Waals surface area contributed by atoms with E-state index in [1.54, 1.807) is 0 Å². The molecule has 0 spiro atoms. The minimum atomic E-state index is -0.847. The first-order valence-corrected chi connectivity index (χ1v) is 11.6. The second-order valence-electron chi connectivity index (χ2n) is 8.42. The molecular formula is C25H31N5O2. The van der Waals surface area contributed by atoms with Gasteiger partial charge in [-0.25, -0.2) is 19.7 Å². The molecule has 4 rings (SSSR count). The Kier molecular flexibility index (Phi) is 7.48. The number of aromatic nitrogens is 3. The van der Waals surface area contributed by atoms with Gasteiger partial charge >= 0.3 is 5.97 Å². The normalized spacial score (nSPS) is 13.9. The lowest BCUT2D eigenvalue weighted by molar-refractivity contribution is -0.138. The molecule has 0 unspecified atom stereocenters. The molecule has 7 heteroatoms. The Balaban J connectivity index is 1.18. The van der Waals surface area contributed by atoms with Gasteiger partial charge in [0.05, 0.1) is 5.52 Å². The van der Waals surface area contributed by atoms with Gasteiger partial charge in [0.2, 0.25) is 0 Å². The van der Waals surface area contributed by atoms with E-state index in [0.29, 0.717) is 12.2 Å². The topological polar surface area (TPSA) is 100 Å². The number of para-hydroxylation sites is 1. The van der Waals surface area contributed by atoms with Gasteiger partial charge in [-0.1, -0.05) is 43.9 Å². The molecule has 1 atom stereocenters. The van der Waals surface area contributed by atoms with E-state index in [1.807, 2.05) is 24.3 Å². The van der Waals surface area contributed by atoms with E-state index in [-0.39, 0.29) is 0 Å². The molecule has 0 fully saturated rings. The van der Waals surface area contributed by atoms with Gasteiger partial charge in [-0.15, -0.1) is 0 Å². The minimum Gasteiger partial charge on any atom is -0.480 e. The van der Waals surface area contributed by atoms with Gasteiger partial charge in [0, 0.05) is 17.6 Å². The number of rotatable bonds is 11. The van der Waals surface area contributed by atoms with Crippen LogP contribution in [0.2, 0.25) is 0 Å². The molecule has 168 valence electrons. The summed E-state index contributed by atoms with van der Waals surface area (Å²) in [7, 11) is 0. The molecule has 1 aliphatic rings. The van der Waals surface area contributed by atoms with E-state index in [9.17, 15) is 9.90 Å². The smallest absolute Gasteiger partial charge is 0.326 e. The zero-order valence-corrected chi connectivity index (χ0v) is 18.4. The summed E-state index contributed by atoms with van der Waals surface area (Å²) in [5.41, 5.74) is 3.29. The number of nitrogens with one attached hydrogen (secondary N) is 2. The summed E-state index contributed by atoms with van der Waals surface area (Å²) >= 11 is 0. The molecule has 1 aliphatic heterocycles. The number of hydrogen-bond donors (Lipinski definition) is 3. The number of nitrogens with zero attached hydrogens (tertiary/aromatic N) is 3. The highest BCUT2D eigenvalue weighted by Gasteiger charge is 2.18. The van der Waals surface area contributed by atoms with Crippen LogP contribution in [0.4, 0.5) is 11.6 Å². The summed E-state index contributed by atoms with van der Waals surface area (Å²) in [5, 5.41) is 17.0. The first-order valence-electron chi connectivity index (χ1n) is 11.6. The summed E-state index contributed by atoms with van der Waals surface area (Å²) in [6.45, 7) is 1.02. The van der Waals surface area contributed by atoms with Gasteiger partial charge in [-0.2, -0.15) is 0 Å². The zero-order valence-electron chi connectivity index (χ0n) is 18.4. The molecule has 0 radical (unpaired) electrons. The standard InChI is InChI=1S/C25H31N5O2/c31-25(32)22(30-24-20-11-6-7-12-21(20)27-17-28-24)13-5-3-1-2-4-10-19-15-14-18-9-8-16-26-23(18)29-19/h6-7,11-12,14-15,17,22H,1-5,8-10,13,16H2,(H,26,29)(H,31,32)(H,27,28,30)/t22-/m0/s1. The Morgan fingerprint density at radius 3 is 2.81 bits per heavy atom. The van der Waals surface area contributed by atoms with Crippen LogP contribution in [-0.4, -0.2) is 38.6 Å². The second kappa shape index (κ2) is 10.9. The lowest BCUT2D eigenvalue weighted by Gasteiger charge is -2.17. The number of anilines is 2. The number of pyridine rings is 1. The van der Waals surface area contributed by atoms with Crippen molar-refractivity contribution in [2.75, 3.05) is 17.2 Å². The third kappa shape index (κ3) is 5.72. The molecule has 3 N–H and O–H groups in total. The van der Waals surface area contributed by atoms with Crippen molar-refractivity contribution in [2.45, 2.75) is 63.8 Å². The number of aryl methyl sites for hydroxylation is 2. The van der Waals surface area contributed by atoms with Gasteiger partial charge in [0.25, 0.3) is 0 Å². The number of benzene rings is 1. The predicted molar refractivity (Wildman–Crippen MR) is 127 cm³/mol. The van der Waals surface area contributed by atoms with Gasteiger partial charge in [-0.3, -0.25) is 0 Å². The van der Waals surface area contributed by atoms with E-state index in [0.717, 1.165) is 73.9 Å². The number of carbonyl (C=O) groups is 1. The summed E-state index contributed by atoms with van der Waals surface area (Å²) < 4.78 is 0. The molecule has 32 heavy (non-hydrogen) atoms. The molecule has 1 aromatic carbocycles. The van der Waals surface area contributed by atoms with Crippen LogP contribution < -0.4 is 10.6 Å². The third-order valence-corrected chi connectivity index (χ3v) is 6.03. The predicted octanol–water partition coefficient (Wildman–Crippen LogP) is 4.83. The van der Waals surface area contributed by atoms with Crippen LogP contribution in [0.3, 0.4) is 0 Å². The van der Waals surface area contributed by atoms with Gasteiger partial charge in [-0.05, 0) is 55.9 Å². The SMILES string of the molecule is O=C(O)[C@H](CCCCCCCc1ccc2c(n1)NCCC2)Nc1ncnc2ccccc12. The minimum absolute atomic E-state index is 0.575. The largest absolute Gasteiger partial charge is 0.480 e. The number of fused-ring (bicyclic) bond motifs is 2. The maximum Gasteiger partial charge on any atom is 0.326 e. The first kappa shape index (κ1) is 22.0. The number of unbranched alkanes of at least 4 members (excludes halogenated alkanes) is 4. The van der Waals surface area contributed by atoms with Crippen molar-refractivity contribution >= 4 is 28.5 Å². The monoisotopic (exact) mass is 433 g/mol. The fourth-order valence-electron chi connectivity index (χ4n) is 4.24. The Bertz CT molecular complexity index is 1050. The highest BCUT2D eigenvalue weighted by atomic mass is 16.4. The van der Waals surface area contributed by atoms with E-state index >= 15 is 0 Å². The Hall–Kier alpha value is -3.22. The van der Waals surface area contributed by atoms with Gasteiger partial charge in [0.1, 0.15) is 24.0 Å². The molecule has 0 bridgehead atoms. The Morgan fingerprint density at radius 1 is 1.06 bits per heavy atom. The summed E-state index contributed by atoms with van der Waals surface area (Å²) in [6.07, 6.45) is 10.6. The molecular weight excluding hydrogens is 402 g/mol. The molecule has 0 saturated heterocycles. The van der Waals surface area contributed by atoms with Crippen LogP contribution in [0, 0.1) is 0 Å². The number of aliphatic carboxylic acids is 1. The van der Waals surface area contributed by atoms with Crippen molar-refractivity contribution in [3.8, 4) is 0 Å². The Morgan fingerprint density at radius 2 is 1.91 bits per heavy atom. The van der Waals surface area contributed by atoms with E-state index in [1.165, 1.54) is 18.3 Å². The van der Waals surface area contributed by atoms with E-state index < -0.39 is 12.0 Å². The molecule has 7 nitrogen and oxygen atoms in total. The summed E-state index contributed by atoms with van der Waals surface area (Å²) in [5.74, 6) is 0.798. The van der Waals surface area contributed by atoms with Crippen molar-refractivity contribution in [1.82, 2.24) is 15.0 Å². The maximum atomic E-state index is 11.7. The molecule has 0 aliphatic carbocycles. The molecule has 3 heterocycles. The third-order valence-electron chi connectivity index (χ3n) is 6.03. The lowest BCUT2D eigenvalue weighted by atomic mass is 10.0. The lowest BCUT2D eigenvalue weighted by Crippen LogP contribution is -2.29. The Labute approximate surface area is 188 Å². The van der Waals surface area contributed by atoms with Crippen LogP contribution in [-0.2, 0) is 17.6 Å². The van der Waals surface area contributed by atoms with Gasteiger partial charge < -0.3 is 15.7 Å². The van der Waals surface area contributed by atoms with Crippen molar-refractivity contribution in [1.29, 1.82) is 0 Å². The second-order valence-corrected chi connectivity index (χ2v) is 8.42. The molecule has 0 amide bonds. The average molecular weight is 434 g/mol. The fourth-order valence-corrected chi connectivity index (χ4v) is 4.24. The van der Waals surface area contributed by atoms with E-state index in [2.05, 4.69) is 32.7 Å². The van der Waals surface area contributed by atoms with Gasteiger partial charge in [0.15, 0.2) is 0 Å². The first-order chi connectivity index (χ1) is 15.7. The zero-order chi connectivity index (χ0) is 22.2. The number of carboxylic acids is 1. The summed E-state index contributed by atoms with van der Waals surface area (Å²) in [6, 6.07) is 11.3. The van der Waals surface area contributed by atoms with Crippen molar-refractivity contribution < 1.29 is 9.90 Å². The quantitative estimate of drug-likeness (QED) is 0.372. The molecule has 0 saturated carbocycles. The van der Waals surface area contributed by atoms with Crippen LogP contribution >= 0.6 is 0 Å². The van der Waals surface area contributed by atoms with Crippen molar-refractivity contribution in [3.05, 3.63) is 54.0 Å². The van der Waals surface area contributed by atoms with E-state index in [4.69, 9.17) is 4.98 Å². The highest BCUT2D eigenvalue weighted by Crippen LogP contribution is 2.22. The summed E-state index contributed by atoms with van der Waals surface area (Å²) in [4.78, 5) is 25.0. The van der Waals surface area contributed by atoms with Crippen molar-refractivity contribution in [3.63, 3.8) is 0 Å². The highest BCUT2D eigenvalue weighted by molar-refractivity contribution is 5.90. The number of hydrogen-bond acceptors (Lipinski definition) is 6. The van der Waals surface area contributed by atoms with Crippen LogP contribution in [0.1, 0.15) is 56.2 Å². The average Bonchev–Trinajstić information content (AvgIpc) is 2.82. The van der Waals surface area contributed by atoms with Crippen LogP contribution in [0.5, 0.6) is 0 Å². The van der Waals surface area contributed by atoms with Crippen LogP contribution in [0.15, 0.2) is 42.7 Å². The fraction of sp³-hybridized carbons (Fsp3) is 0.440. The number of carboxylic acid groups (broad SMARTS) is 1. The van der Waals surface area contributed by atoms with Crippen molar-refractivity contribution in [2.24, 2.45) is 0 Å².